The minimum atomic E-state index is 0.241. The number of rotatable bonds is 3. The highest BCUT2D eigenvalue weighted by Gasteiger charge is 2.40. The molecule has 2 aliphatic heterocycles. The molecule has 1 aromatic heterocycles. The topological polar surface area (TPSA) is 49.3 Å². The van der Waals surface area contributed by atoms with Crippen molar-refractivity contribution in [3.63, 3.8) is 0 Å². The molecule has 2 fully saturated rings. The number of aromatic nitrogens is 2. The molecule has 1 aromatic carbocycles. The molecule has 0 saturated carbocycles. The van der Waals surface area contributed by atoms with Crippen molar-refractivity contribution in [2.75, 3.05) is 24.5 Å². The highest BCUT2D eigenvalue weighted by Crippen LogP contribution is 2.33. The van der Waals surface area contributed by atoms with Crippen LogP contribution in [0.25, 0.3) is 0 Å². The number of nitrogens with zero attached hydrogens (tertiary/aromatic N) is 4. The summed E-state index contributed by atoms with van der Waals surface area (Å²) in [6, 6.07) is 10.3. The molecule has 3 heterocycles. The summed E-state index contributed by atoms with van der Waals surface area (Å²) in [5.74, 6) is 1.64. The molecule has 25 heavy (non-hydrogen) atoms. The molecule has 130 valence electrons. The maximum absolute atomic E-state index is 12.8. The van der Waals surface area contributed by atoms with E-state index in [9.17, 15) is 4.79 Å². The quantitative estimate of drug-likeness (QED) is 0.864. The van der Waals surface area contributed by atoms with E-state index in [4.69, 9.17) is 0 Å². The van der Waals surface area contributed by atoms with Crippen LogP contribution in [0, 0.1) is 12.8 Å². The molecule has 5 heteroatoms. The van der Waals surface area contributed by atoms with Crippen molar-refractivity contribution in [2.45, 2.75) is 32.2 Å². The first-order chi connectivity index (χ1) is 12.2. The van der Waals surface area contributed by atoms with E-state index in [2.05, 4.69) is 19.8 Å². The molecule has 0 radical (unpaired) electrons. The third-order valence-corrected chi connectivity index (χ3v) is 5.43. The molecular weight excluding hydrogens is 312 g/mol. The van der Waals surface area contributed by atoms with Crippen LogP contribution in [0.2, 0.25) is 0 Å². The fraction of sp³-hybridized carbons (Fsp3) is 0.450. The van der Waals surface area contributed by atoms with Gasteiger partial charge in [0.2, 0.25) is 11.9 Å². The van der Waals surface area contributed by atoms with Crippen molar-refractivity contribution in [1.29, 1.82) is 0 Å². The van der Waals surface area contributed by atoms with Gasteiger partial charge in [-0.1, -0.05) is 30.3 Å². The second-order valence-corrected chi connectivity index (χ2v) is 7.16. The highest BCUT2D eigenvalue weighted by molar-refractivity contribution is 5.79. The van der Waals surface area contributed by atoms with Gasteiger partial charge in [0.15, 0.2) is 0 Å². The molecule has 0 N–H and O–H groups in total. The van der Waals surface area contributed by atoms with Gasteiger partial charge in [0.05, 0.1) is 12.5 Å². The number of carbonyl (C=O) groups excluding carboxylic acids is 1. The van der Waals surface area contributed by atoms with Gasteiger partial charge in [-0.2, -0.15) is 0 Å². The number of hydrogen-bond acceptors (Lipinski definition) is 4. The highest BCUT2D eigenvalue weighted by atomic mass is 16.2. The van der Waals surface area contributed by atoms with Crippen molar-refractivity contribution in [1.82, 2.24) is 14.9 Å². The van der Waals surface area contributed by atoms with Gasteiger partial charge < -0.3 is 9.80 Å². The molecule has 2 unspecified atom stereocenters. The molecule has 2 atom stereocenters. The lowest BCUT2D eigenvalue weighted by molar-refractivity contribution is -0.131. The first-order valence-electron chi connectivity index (χ1n) is 9.08. The molecule has 0 spiro atoms. The van der Waals surface area contributed by atoms with Crippen LogP contribution in [0.1, 0.15) is 24.0 Å². The molecule has 1 amide bonds. The Morgan fingerprint density at radius 2 is 1.84 bits per heavy atom. The van der Waals surface area contributed by atoms with Crippen molar-refractivity contribution in [3.8, 4) is 0 Å². The van der Waals surface area contributed by atoms with Gasteiger partial charge in [-0.25, -0.2) is 9.97 Å². The van der Waals surface area contributed by atoms with Gasteiger partial charge in [-0.05, 0) is 36.8 Å². The number of piperidine rings is 1. The molecule has 4 rings (SSSR count). The van der Waals surface area contributed by atoms with Gasteiger partial charge >= 0.3 is 0 Å². The molecule has 2 aliphatic rings. The number of carbonyl (C=O) groups is 1. The maximum Gasteiger partial charge on any atom is 0.227 e. The first-order valence-corrected chi connectivity index (χ1v) is 9.08. The summed E-state index contributed by atoms with van der Waals surface area (Å²) in [6.07, 6.45) is 6.44. The largest absolute Gasteiger partial charge is 0.339 e. The summed E-state index contributed by atoms with van der Waals surface area (Å²) in [5, 5.41) is 0. The average molecular weight is 336 g/mol. The minimum Gasteiger partial charge on any atom is -0.339 e. The van der Waals surface area contributed by atoms with E-state index in [1.807, 2.05) is 49.6 Å². The zero-order valence-electron chi connectivity index (χ0n) is 14.6. The lowest BCUT2D eigenvalue weighted by Crippen LogP contribution is -2.50. The van der Waals surface area contributed by atoms with E-state index in [0.717, 1.165) is 49.6 Å². The van der Waals surface area contributed by atoms with Crippen LogP contribution >= 0.6 is 0 Å². The first kappa shape index (κ1) is 16.1. The number of amides is 1. The maximum atomic E-state index is 12.8. The molecule has 5 nitrogen and oxygen atoms in total. The minimum absolute atomic E-state index is 0.241. The van der Waals surface area contributed by atoms with Gasteiger partial charge in [0.25, 0.3) is 0 Å². The summed E-state index contributed by atoms with van der Waals surface area (Å²) in [4.78, 5) is 26.1. The van der Waals surface area contributed by atoms with Gasteiger partial charge in [0, 0.05) is 32.0 Å². The van der Waals surface area contributed by atoms with E-state index < -0.39 is 0 Å². The van der Waals surface area contributed by atoms with E-state index >= 15 is 0 Å². The Kier molecular flexibility index (Phi) is 4.38. The van der Waals surface area contributed by atoms with Gasteiger partial charge in [-0.3, -0.25) is 4.79 Å². The Balaban J connectivity index is 1.46. The van der Waals surface area contributed by atoms with Crippen LogP contribution in [0.4, 0.5) is 5.95 Å². The van der Waals surface area contributed by atoms with E-state index in [0.29, 0.717) is 12.3 Å². The summed E-state index contributed by atoms with van der Waals surface area (Å²) < 4.78 is 0. The Hall–Kier alpha value is -2.43. The average Bonchev–Trinajstić information content (AvgIpc) is 3.06. The van der Waals surface area contributed by atoms with Crippen molar-refractivity contribution in [3.05, 3.63) is 53.9 Å². The molecular formula is C20H24N4O. The second-order valence-electron chi connectivity index (χ2n) is 7.16. The SMILES string of the molecule is Cc1cnc(N2CCC3CCN(C(=O)Cc4ccccc4)C3C2)nc1. The molecule has 2 aromatic rings. The third kappa shape index (κ3) is 3.36. The lowest BCUT2D eigenvalue weighted by atomic mass is 9.92. The molecule has 2 saturated heterocycles. The van der Waals surface area contributed by atoms with Crippen LogP contribution in [-0.2, 0) is 11.2 Å². The predicted molar refractivity (Wildman–Crippen MR) is 97.4 cm³/mol. The Bertz CT molecular complexity index is 731. The van der Waals surface area contributed by atoms with Crippen molar-refractivity contribution < 1.29 is 4.79 Å². The fourth-order valence-electron chi connectivity index (χ4n) is 4.05. The monoisotopic (exact) mass is 336 g/mol. The van der Waals surface area contributed by atoms with Crippen LogP contribution < -0.4 is 4.90 Å². The summed E-state index contributed by atoms with van der Waals surface area (Å²) in [6.45, 7) is 4.69. The van der Waals surface area contributed by atoms with Gasteiger partial charge in [0.1, 0.15) is 0 Å². The zero-order valence-corrected chi connectivity index (χ0v) is 14.6. The zero-order chi connectivity index (χ0) is 17.2. The van der Waals surface area contributed by atoms with Crippen molar-refractivity contribution in [2.24, 2.45) is 5.92 Å². The van der Waals surface area contributed by atoms with Gasteiger partial charge in [-0.15, -0.1) is 0 Å². The Labute approximate surface area is 148 Å². The number of hydrogen-bond donors (Lipinski definition) is 0. The summed E-state index contributed by atoms with van der Waals surface area (Å²) in [7, 11) is 0. The van der Waals surface area contributed by atoms with E-state index in [1.165, 1.54) is 0 Å². The number of anilines is 1. The standard InChI is InChI=1S/C20H24N4O/c1-15-12-21-20(22-13-15)23-9-7-17-8-10-24(18(17)14-23)19(25)11-16-5-3-2-4-6-16/h2-6,12-13,17-18H,7-11,14H2,1H3. The third-order valence-electron chi connectivity index (χ3n) is 5.43. The van der Waals surface area contributed by atoms with Crippen LogP contribution in [0.5, 0.6) is 0 Å². The van der Waals surface area contributed by atoms with Crippen LogP contribution in [0.3, 0.4) is 0 Å². The number of fused-ring (bicyclic) bond motifs is 1. The summed E-state index contributed by atoms with van der Waals surface area (Å²) >= 11 is 0. The Morgan fingerprint density at radius 1 is 1.12 bits per heavy atom. The normalized spacial score (nSPS) is 22.8. The van der Waals surface area contributed by atoms with E-state index in [-0.39, 0.29) is 11.9 Å². The Morgan fingerprint density at radius 3 is 2.60 bits per heavy atom. The predicted octanol–water partition coefficient (Wildman–Crippen LogP) is 2.45. The van der Waals surface area contributed by atoms with Crippen LogP contribution in [0.15, 0.2) is 42.7 Å². The molecule has 0 aliphatic carbocycles. The van der Waals surface area contributed by atoms with E-state index in [1.54, 1.807) is 0 Å². The number of aryl methyl sites for hydroxylation is 1. The number of benzene rings is 1. The molecule has 0 bridgehead atoms. The summed E-state index contributed by atoms with van der Waals surface area (Å²) in [5.41, 5.74) is 2.16. The van der Waals surface area contributed by atoms with Crippen LogP contribution in [-0.4, -0.2) is 46.5 Å². The fourth-order valence-corrected chi connectivity index (χ4v) is 4.05. The lowest BCUT2D eigenvalue weighted by Gasteiger charge is -2.38. The smallest absolute Gasteiger partial charge is 0.227 e. The second kappa shape index (κ2) is 6.82. The van der Waals surface area contributed by atoms with Crippen molar-refractivity contribution >= 4 is 11.9 Å². The number of likely N-dealkylation sites (tertiary alicyclic amines) is 1.